The van der Waals surface area contributed by atoms with Crippen molar-refractivity contribution in [2.24, 2.45) is 17.8 Å². The Hall–Kier alpha value is -2.75. The molecule has 0 heterocycles. The molecular weight excluding hydrogens is 457 g/mol. The van der Waals surface area contributed by atoms with Crippen molar-refractivity contribution in [2.45, 2.75) is 64.2 Å². The Morgan fingerprint density at radius 1 is 0.778 bits per heavy atom. The average molecular weight is 493 g/mol. The fourth-order valence-corrected chi connectivity index (χ4v) is 6.19. The molecule has 2 aromatic rings. The fourth-order valence-electron chi connectivity index (χ4n) is 6.19. The number of halogens is 3. The minimum Gasteiger partial charge on any atom is -0.498 e. The highest BCUT2D eigenvalue weighted by atomic mass is 19.2. The average Bonchev–Trinajstić information content (AvgIpc) is 2.91. The van der Waals surface area contributed by atoms with Crippen molar-refractivity contribution < 1.29 is 17.9 Å². The number of allylic oxidation sites excluding steroid dienone is 6. The van der Waals surface area contributed by atoms with Gasteiger partial charge in [0.05, 0.1) is 7.11 Å². The molecule has 1 saturated carbocycles. The van der Waals surface area contributed by atoms with Crippen LogP contribution in [0.4, 0.5) is 13.2 Å². The van der Waals surface area contributed by atoms with E-state index < -0.39 is 12.3 Å². The Labute approximate surface area is 212 Å². The van der Waals surface area contributed by atoms with Crippen LogP contribution in [0.5, 0.6) is 0 Å². The van der Waals surface area contributed by atoms with Crippen LogP contribution in [0, 0.1) is 23.6 Å². The summed E-state index contributed by atoms with van der Waals surface area (Å²) < 4.78 is 48.9. The molecule has 0 spiro atoms. The molecule has 0 saturated heterocycles. The lowest BCUT2D eigenvalue weighted by Crippen LogP contribution is -2.24. The van der Waals surface area contributed by atoms with E-state index in [1.54, 1.807) is 24.3 Å². The van der Waals surface area contributed by atoms with Crippen molar-refractivity contribution in [1.29, 1.82) is 0 Å². The number of ether oxygens (including phenoxy) is 1. The van der Waals surface area contributed by atoms with Gasteiger partial charge in [-0.25, -0.2) is 13.2 Å². The summed E-state index contributed by atoms with van der Waals surface area (Å²) in [5.74, 6) is 2.23. The standard InChI is InChI=1S/C32H35F3O/c1-20-3-5-21(6-4-20)22-7-11-24(12-8-22)27-16-15-26(19-29(27)33)23-9-13-25(14-10-23)28-17-18-30(36-2)32(35)31(28)34/h9-11,13-22,31-32H,3-8,12H2,1-2H3. The van der Waals surface area contributed by atoms with Crippen LogP contribution in [0.15, 0.2) is 66.5 Å². The van der Waals surface area contributed by atoms with Gasteiger partial charge in [0.2, 0.25) is 0 Å². The van der Waals surface area contributed by atoms with Crippen LogP contribution in [0.25, 0.3) is 22.3 Å². The summed E-state index contributed by atoms with van der Waals surface area (Å²) in [5, 5.41) is 0. The highest BCUT2D eigenvalue weighted by Gasteiger charge is 2.32. The Morgan fingerprint density at radius 3 is 2.11 bits per heavy atom. The van der Waals surface area contributed by atoms with E-state index in [1.807, 2.05) is 24.3 Å². The molecule has 190 valence electrons. The third kappa shape index (κ3) is 5.05. The maximum absolute atomic E-state index is 15.2. The zero-order valence-corrected chi connectivity index (χ0v) is 21.2. The Bertz CT molecular complexity index is 1170. The smallest absolute Gasteiger partial charge is 0.192 e. The molecule has 2 aromatic carbocycles. The lowest BCUT2D eigenvalue weighted by atomic mass is 9.71. The molecule has 4 heteroatoms. The molecule has 0 amide bonds. The Morgan fingerprint density at radius 2 is 1.47 bits per heavy atom. The lowest BCUT2D eigenvalue weighted by molar-refractivity contribution is 0.152. The van der Waals surface area contributed by atoms with Gasteiger partial charge in [-0.2, -0.15) is 0 Å². The van der Waals surface area contributed by atoms with Gasteiger partial charge < -0.3 is 4.74 Å². The maximum atomic E-state index is 15.2. The molecule has 0 aliphatic heterocycles. The molecule has 5 rings (SSSR count). The lowest BCUT2D eigenvalue weighted by Gasteiger charge is -2.34. The third-order valence-electron chi connectivity index (χ3n) is 8.53. The number of hydrogen-bond donors (Lipinski definition) is 0. The van der Waals surface area contributed by atoms with E-state index in [1.165, 1.54) is 38.9 Å². The highest BCUT2D eigenvalue weighted by molar-refractivity contribution is 5.76. The number of rotatable bonds is 5. The van der Waals surface area contributed by atoms with Crippen LogP contribution in [0.1, 0.15) is 63.0 Å². The summed E-state index contributed by atoms with van der Waals surface area (Å²) in [6, 6.07) is 12.6. The van der Waals surface area contributed by atoms with Crippen LogP contribution < -0.4 is 0 Å². The van der Waals surface area contributed by atoms with E-state index >= 15 is 4.39 Å². The van der Waals surface area contributed by atoms with Crippen LogP contribution in [-0.4, -0.2) is 19.5 Å². The van der Waals surface area contributed by atoms with E-state index in [0.717, 1.165) is 53.7 Å². The van der Waals surface area contributed by atoms with Crippen molar-refractivity contribution in [3.05, 3.63) is 83.4 Å². The molecule has 1 nitrogen and oxygen atoms in total. The monoisotopic (exact) mass is 492 g/mol. The van der Waals surface area contributed by atoms with Gasteiger partial charge in [-0.05, 0) is 89.8 Å². The Balaban J connectivity index is 1.28. The van der Waals surface area contributed by atoms with Crippen molar-refractivity contribution in [3.8, 4) is 11.1 Å². The second-order valence-electron chi connectivity index (χ2n) is 10.8. The molecule has 3 unspecified atom stereocenters. The first-order valence-corrected chi connectivity index (χ1v) is 13.3. The predicted octanol–water partition coefficient (Wildman–Crippen LogP) is 9.11. The van der Waals surface area contributed by atoms with Gasteiger partial charge in [0.25, 0.3) is 0 Å². The van der Waals surface area contributed by atoms with Crippen molar-refractivity contribution >= 4 is 11.1 Å². The first-order valence-electron chi connectivity index (χ1n) is 13.3. The molecule has 1 fully saturated rings. The first kappa shape index (κ1) is 24.9. The molecule has 3 aliphatic rings. The van der Waals surface area contributed by atoms with E-state index in [0.29, 0.717) is 11.1 Å². The number of alkyl halides is 2. The summed E-state index contributed by atoms with van der Waals surface area (Å²) in [5.41, 5.74) is 4.32. The van der Waals surface area contributed by atoms with Crippen LogP contribution >= 0.6 is 0 Å². The highest BCUT2D eigenvalue weighted by Crippen LogP contribution is 2.42. The van der Waals surface area contributed by atoms with Gasteiger partial charge in [-0.15, -0.1) is 0 Å². The summed E-state index contributed by atoms with van der Waals surface area (Å²) in [7, 11) is 1.34. The zero-order valence-electron chi connectivity index (χ0n) is 21.2. The summed E-state index contributed by atoms with van der Waals surface area (Å²) in [6.07, 6.45) is 10.2. The van der Waals surface area contributed by atoms with Crippen LogP contribution in [-0.2, 0) is 4.74 Å². The number of benzene rings is 2. The van der Waals surface area contributed by atoms with E-state index in [9.17, 15) is 8.78 Å². The summed E-state index contributed by atoms with van der Waals surface area (Å²) in [6.45, 7) is 2.36. The predicted molar refractivity (Wildman–Crippen MR) is 141 cm³/mol. The molecule has 36 heavy (non-hydrogen) atoms. The van der Waals surface area contributed by atoms with Gasteiger partial charge in [0, 0.05) is 5.56 Å². The normalized spacial score (nSPS) is 28.7. The topological polar surface area (TPSA) is 9.23 Å². The molecular formula is C32H35F3O. The van der Waals surface area contributed by atoms with Gasteiger partial charge >= 0.3 is 0 Å². The largest absolute Gasteiger partial charge is 0.498 e. The SMILES string of the molecule is COC1=CC=C(c2ccc(-c3ccc(C4=CCC(C5CCC(C)CC5)CC4)c(F)c3)cc2)C(F)C1F. The molecule has 0 radical (unpaired) electrons. The van der Waals surface area contributed by atoms with Gasteiger partial charge in [-0.3, -0.25) is 0 Å². The van der Waals surface area contributed by atoms with Crippen molar-refractivity contribution in [3.63, 3.8) is 0 Å². The van der Waals surface area contributed by atoms with Crippen molar-refractivity contribution in [1.82, 2.24) is 0 Å². The van der Waals surface area contributed by atoms with Gasteiger partial charge in [0.15, 0.2) is 12.3 Å². The van der Waals surface area contributed by atoms with E-state index in [2.05, 4.69) is 13.0 Å². The number of methoxy groups -OCH3 is 1. The van der Waals surface area contributed by atoms with Crippen LogP contribution in [0.2, 0.25) is 0 Å². The minimum atomic E-state index is -1.81. The quantitative estimate of drug-likeness (QED) is 0.404. The molecule has 3 atom stereocenters. The molecule has 0 aromatic heterocycles. The summed E-state index contributed by atoms with van der Waals surface area (Å²) >= 11 is 0. The second-order valence-corrected chi connectivity index (χ2v) is 10.8. The Kier molecular flexibility index (Phi) is 7.41. The van der Waals surface area contributed by atoms with Crippen molar-refractivity contribution in [2.75, 3.05) is 7.11 Å². The first-order chi connectivity index (χ1) is 17.4. The number of hydrogen-bond acceptors (Lipinski definition) is 1. The van der Waals surface area contributed by atoms with E-state index in [-0.39, 0.29) is 17.1 Å². The fraction of sp³-hybridized carbons (Fsp3) is 0.438. The van der Waals surface area contributed by atoms with Gasteiger partial charge in [0.1, 0.15) is 11.6 Å². The maximum Gasteiger partial charge on any atom is 0.192 e. The van der Waals surface area contributed by atoms with E-state index in [4.69, 9.17) is 4.74 Å². The molecule has 3 aliphatic carbocycles. The minimum absolute atomic E-state index is 0.00865. The molecule has 0 N–H and O–H groups in total. The third-order valence-corrected chi connectivity index (χ3v) is 8.53. The van der Waals surface area contributed by atoms with Gasteiger partial charge in [-0.1, -0.05) is 68.3 Å². The molecule has 0 bridgehead atoms. The summed E-state index contributed by atoms with van der Waals surface area (Å²) in [4.78, 5) is 0. The zero-order chi connectivity index (χ0) is 25.2. The second kappa shape index (κ2) is 10.7. The van der Waals surface area contributed by atoms with Crippen LogP contribution in [0.3, 0.4) is 0 Å².